The van der Waals surface area contributed by atoms with Gasteiger partial charge in [0.15, 0.2) is 0 Å². The van der Waals surface area contributed by atoms with Gasteiger partial charge in [0.05, 0.1) is 6.54 Å². The number of hydrogen-bond donors (Lipinski definition) is 2. The molecule has 0 spiro atoms. The second-order valence-corrected chi connectivity index (χ2v) is 5.38. The molecule has 0 radical (unpaired) electrons. The zero-order valence-corrected chi connectivity index (χ0v) is 11.7. The number of hydrogen-bond acceptors (Lipinski definition) is 4. The molecule has 108 valence electrons. The monoisotopic (exact) mass is 268 g/mol. The molecule has 0 bridgehead atoms. The number of carbonyl (C=O) groups excluding carboxylic acids is 2. The molecule has 6 heteroatoms. The molecule has 0 aliphatic carbocycles. The maximum Gasteiger partial charge on any atom is 0.236 e. The Bertz CT molecular complexity index is 321. The summed E-state index contributed by atoms with van der Waals surface area (Å²) in [4.78, 5) is 27.3. The first-order valence-corrected chi connectivity index (χ1v) is 7.13. The minimum Gasteiger partial charge on any atom is -0.353 e. The number of nitrogens with zero attached hydrogens (tertiary/aromatic N) is 2. The van der Waals surface area contributed by atoms with Gasteiger partial charge in [0.2, 0.25) is 11.8 Å². The van der Waals surface area contributed by atoms with Gasteiger partial charge in [-0.15, -0.1) is 0 Å². The summed E-state index contributed by atoms with van der Waals surface area (Å²) in [6.07, 6.45) is 1.74. The third kappa shape index (κ3) is 4.47. The Morgan fingerprint density at radius 2 is 1.79 bits per heavy atom. The number of carbonyl (C=O) groups is 2. The summed E-state index contributed by atoms with van der Waals surface area (Å²) in [6, 6.07) is 0.237. The van der Waals surface area contributed by atoms with Crippen LogP contribution in [0.15, 0.2) is 0 Å². The molecule has 2 amide bonds. The van der Waals surface area contributed by atoms with E-state index in [1.165, 1.54) is 0 Å². The van der Waals surface area contributed by atoms with Crippen LogP contribution in [0.4, 0.5) is 0 Å². The van der Waals surface area contributed by atoms with Crippen LogP contribution in [0.3, 0.4) is 0 Å². The van der Waals surface area contributed by atoms with Crippen LogP contribution in [0.2, 0.25) is 0 Å². The van der Waals surface area contributed by atoms with Crippen molar-refractivity contribution in [3.05, 3.63) is 0 Å². The highest BCUT2D eigenvalue weighted by atomic mass is 16.2. The molecule has 2 aliphatic heterocycles. The van der Waals surface area contributed by atoms with Gasteiger partial charge >= 0.3 is 0 Å². The summed E-state index contributed by atoms with van der Waals surface area (Å²) in [5, 5.41) is 6.21. The molecule has 2 rings (SSSR count). The van der Waals surface area contributed by atoms with E-state index in [4.69, 9.17) is 0 Å². The summed E-state index contributed by atoms with van der Waals surface area (Å²) in [5.41, 5.74) is 0. The van der Waals surface area contributed by atoms with Crippen molar-refractivity contribution in [3.8, 4) is 0 Å². The number of nitrogens with one attached hydrogen (secondary N) is 2. The fraction of sp³-hybridized carbons (Fsp3) is 0.846. The average molecular weight is 268 g/mol. The van der Waals surface area contributed by atoms with Crippen LogP contribution in [-0.4, -0.2) is 73.5 Å². The van der Waals surface area contributed by atoms with E-state index in [0.717, 1.165) is 52.1 Å². The highest BCUT2D eigenvalue weighted by Crippen LogP contribution is 2.11. The van der Waals surface area contributed by atoms with Gasteiger partial charge < -0.3 is 15.5 Å². The van der Waals surface area contributed by atoms with Crippen LogP contribution in [0, 0.1) is 0 Å². The maximum atomic E-state index is 12.2. The van der Waals surface area contributed by atoms with E-state index in [9.17, 15) is 9.59 Å². The lowest BCUT2D eigenvalue weighted by Crippen LogP contribution is -2.51. The molecule has 0 atom stereocenters. The predicted octanol–water partition coefficient (Wildman–Crippen LogP) is -0.981. The Labute approximate surface area is 114 Å². The van der Waals surface area contributed by atoms with Crippen LogP contribution < -0.4 is 10.6 Å². The number of likely N-dealkylation sites (tertiary alicyclic amines) is 1. The number of rotatable bonds is 3. The summed E-state index contributed by atoms with van der Waals surface area (Å²) >= 11 is 0. The Morgan fingerprint density at radius 1 is 1.16 bits per heavy atom. The molecule has 19 heavy (non-hydrogen) atoms. The first-order valence-electron chi connectivity index (χ1n) is 7.13. The molecule has 2 N–H and O–H groups in total. The zero-order chi connectivity index (χ0) is 13.7. The van der Waals surface area contributed by atoms with Crippen LogP contribution in [0.1, 0.15) is 19.8 Å². The molecular weight excluding hydrogens is 244 g/mol. The van der Waals surface area contributed by atoms with E-state index in [2.05, 4.69) is 15.5 Å². The molecule has 2 aliphatic rings. The van der Waals surface area contributed by atoms with Crippen LogP contribution in [-0.2, 0) is 9.59 Å². The van der Waals surface area contributed by atoms with Crippen molar-refractivity contribution >= 4 is 11.8 Å². The maximum absolute atomic E-state index is 12.2. The molecule has 0 aromatic rings. The first kappa shape index (κ1) is 14.3. The third-order valence-electron chi connectivity index (χ3n) is 3.82. The topological polar surface area (TPSA) is 64.7 Å². The minimum absolute atomic E-state index is 0.0191. The predicted molar refractivity (Wildman–Crippen MR) is 72.7 cm³/mol. The van der Waals surface area contributed by atoms with Crippen molar-refractivity contribution in [1.29, 1.82) is 0 Å². The average Bonchev–Trinajstić information content (AvgIpc) is 2.40. The second kappa shape index (κ2) is 6.86. The van der Waals surface area contributed by atoms with Gasteiger partial charge in [-0.25, -0.2) is 0 Å². The highest BCUT2D eigenvalue weighted by Gasteiger charge is 2.24. The van der Waals surface area contributed by atoms with E-state index in [1.54, 1.807) is 6.92 Å². The van der Waals surface area contributed by atoms with Gasteiger partial charge in [0.1, 0.15) is 0 Å². The fourth-order valence-corrected chi connectivity index (χ4v) is 2.72. The largest absolute Gasteiger partial charge is 0.353 e. The smallest absolute Gasteiger partial charge is 0.236 e. The molecule has 0 unspecified atom stereocenters. The van der Waals surface area contributed by atoms with E-state index in [-0.39, 0.29) is 17.9 Å². The Hall–Kier alpha value is -1.14. The minimum atomic E-state index is 0.0191. The van der Waals surface area contributed by atoms with E-state index in [0.29, 0.717) is 6.54 Å². The van der Waals surface area contributed by atoms with Crippen molar-refractivity contribution in [2.45, 2.75) is 25.8 Å². The summed E-state index contributed by atoms with van der Waals surface area (Å²) in [6.45, 7) is 7.44. The Kier molecular flexibility index (Phi) is 5.15. The summed E-state index contributed by atoms with van der Waals surface area (Å²) < 4.78 is 0. The van der Waals surface area contributed by atoms with Crippen molar-refractivity contribution in [3.63, 3.8) is 0 Å². The van der Waals surface area contributed by atoms with Crippen molar-refractivity contribution in [1.82, 2.24) is 20.4 Å². The first-order chi connectivity index (χ1) is 9.15. The van der Waals surface area contributed by atoms with Crippen molar-refractivity contribution in [2.24, 2.45) is 0 Å². The molecule has 2 saturated heterocycles. The molecule has 0 aromatic carbocycles. The lowest BCUT2D eigenvalue weighted by atomic mass is 10.0. The van der Waals surface area contributed by atoms with Crippen LogP contribution in [0.25, 0.3) is 0 Å². The van der Waals surface area contributed by atoms with Gasteiger partial charge in [0.25, 0.3) is 0 Å². The zero-order valence-electron chi connectivity index (χ0n) is 11.7. The standard InChI is InChI=1S/C13H24N4O2/c1-11(18)15-12-2-6-17(7-3-12)13(19)10-16-8-4-14-5-9-16/h12,14H,2-10H2,1H3,(H,15,18). The second-order valence-electron chi connectivity index (χ2n) is 5.38. The summed E-state index contributed by atoms with van der Waals surface area (Å²) in [7, 11) is 0. The molecule has 2 fully saturated rings. The Balaban J connectivity index is 1.71. The number of piperidine rings is 1. The SMILES string of the molecule is CC(=O)NC1CCN(C(=O)CN2CCNCC2)CC1. The highest BCUT2D eigenvalue weighted by molar-refractivity contribution is 5.78. The van der Waals surface area contributed by atoms with E-state index >= 15 is 0 Å². The lowest BCUT2D eigenvalue weighted by molar-refractivity contribution is -0.133. The van der Waals surface area contributed by atoms with Gasteiger partial charge in [-0.3, -0.25) is 14.5 Å². The van der Waals surface area contributed by atoms with Gasteiger partial charge in [-0.05, 0) is 12.8 Å². The number of piperazine rings is 1. The quantitative estimate of drug-likeness (QED) is 0.690. The van der Waals surface area contributed by atoms with Gasteiger partial charge in [0, 0.05) is 52.2 Å². The van der Waals surface area contributed by atoms with Crippen molar-refractivity contribution in [2.75, 3.05) is 45.8 Å². The molecule has 2 heterocycles. The molecule has 0 aromatic heterocycles. The molecule has 6 nitrogen and oxygen atoms in total. The fourth-order valence-electron chi connectivity index (χ4n) is 2.72. The number of amides is 2. The van der Waals surface area contributed by atoms with E-state index in [1.807, 2.05) is 4.90 Å². The molecule has 0 saturated carbocycles. The normalized spacial score (nSPS) is 22.3. The van der Waals surface area contributed by atoms with Gasteiger partial charge in [-0.2, -0.15) is 0 Å². The third-order valence-corrected chi connectivity index (χ3v) is 3.82. The van der Waals surface area contributed by atoms with E-state index < -0.39 is 0 Å². The van der Waals surface area contributed by atoms with Crippen LogP contribution in [0.5, 0.6) is 0 Å². The van der Waals surface area contributed by atoms with Crippen LogP contribution >= 0.6 is 0 Å². The summed E-state index contributed by atoms with van der Waals surface area (Å²) in [5.74, 6) is 0.244. The Morgan fingerprint density at radius 3 is 2.37 bits per heavy atom. The van der Waals surface area contributed by atoms with Gasteiger partial charge in [-0.1, -0.05) is 0 Å². The lowest BCUT2D eigenvalue weighted by Gasteiger charge is -2.34. The molecular formula is C13H24N4O2. The van der Waals surface area contributed by atoms with Crippen molar-refractivity contribution < 1.29 is 9.59 Å².